The summed E-state index contributed by atoms with van der Waals surface area (Å²) >= 11 is 0. The lowest BCUT2D eigenvalue weighted by molar-refractivity contribution is 0.0929. The summed E-state index contributed by atoms with van der Waals surface area (Å²) in [5.74, 6) is 0.0228. The van der Waals surface area contributed by atoms with Gasteiger partial charge in [0, 0.05) is 18.8 Å². The van der Waals surface area contributed by atoms with Gasteiger partial charge in [-0.15, -0.1) is 0 Å². The highest BCUT2D eigenvalue weighted by Crippen LogP contribution is 2.26. The second-order valence-electron chi connectivity index (χ2n) is 7.51. The molecule has 0 spiro atoms. The molecule has 12 heteroatoms. The number of aromatic nitrogens is 4. The Morgan fingerprint density at radius 1 is 1.21 bits per heavy atom. The van der Waals surface area contributed by atoms with Gasteiger partial charge in [0.25, 0.3) is 11.5 Å². The molecule has 0 saturated heterocycles. The van der Waals surface area contributed by atoms with Crippen LogP contribution >= 0.6 is 0 Å². The molecule has 0 saturated carbocycles. The number of carbonyl (C=O) groups is 1. The quantitative estimate of drug-likeness (QED) is 0.559. The molecule has 1 amide bonds. The van der Waals surface area contributed by atoms with Gasteiger partial charge in [-0.05, 0) is 43.5 Å². The van der Waals surface area contributed by atoms with E-state index in [4.69, 9.17) is 9.88 Å². The summed E-state index contributed by atoms with van der Waals surface area (Å²) in [6, 6.07) is 6.27. The number of sulfonamides is 1. The molecule has 1 aromatic carbocycles. The second-order valence-corrected chi connectivity index (χ2v) is 9.07. The number of hydrogen-bond donors (Lipinski definition) is 2. The van der Waals surface area contributed by atoms with Crippen LogP contribution in [0.2, 0.25) is 0 Å². The molecule has 4 rings (SSSR count). The summed E-state index contributed by atoms with van der Waals surface area (Å²) in [4.78, 5) is 38.5. The highest BCUT2D eigenvalue weighted by molar-refractivity contribution is 7.89. The van der Waals surface area contributed by atoms with Gasteiger partial charge < -0.3 is 10.1 Å². The largest absolute Gasteiger partial charge is 0.496 e. The second kappa shape index (κ2) is 9.08. The highest BCUT2D eigenvalue weighted by Gasteiger charge is 2.26. The van der Waals surface area contributed by atoms with Gasteiger partial charge in [-0.3, -0.25) is 14.2 Å². The van der Waals surface area contributed by atoms with E-state index in [9.17, 15) is 18.0 Å². The molecule has 0 radical (unpaired) electrons. The number of hydrogen-bond acceptors (Lipinski definition) is 8. The fraction of sp³-hybridized carbons (Fsp3) is 0.286. The Kier molecular flexibility index (Phi) is 6.20. The molecule has 1 atom stereocenters. The Bertz CT molecular complexity index is 1360. The van der Waals surface area contributed by atoms with Crippen molar-refractivity contribution >= 4 is 15.9 Å². The van der Waals surface area contributed by atoms with Crippen LogP contribution in [0.25, 0.3) is 11.4 Å². The van der Waals surface area contributed by atoms with Crippen molar-refractivity contribution in [3.63, 3.8) is 0 Å². The van der Waals surface area contributed by atoms with Gasteiger partial charge in [0.15, 0.2) is 0 Å². The number of fused-ring (bicyclic) bond motifs is 1. The lowest BCUT2D eigenvalue weighted by atomic mass is 10.1. The van der Waals surface area contributed by atoms with Crippen LogP contribution < -0.4 is 20.8 Å². The van der Waals surface area contributed by atoms with Gasteiger partial charge >= 0.3 is 0 Å². The van der Waals surface area contributed by atoms with Gasteiger partial charge in [-0.25, -0.2) is 28.5 Å². The zero-order valence-electron chi connectivity index (χ0n) is 17.8. The van der Waals surface area contributed by atoms with E-state index in [0.29, 0.717) is 30.2 Å². The molecular formula is C21H22N6O5S. The minimum atomic E-state index is -4.02. The molecule has 1 aliphatic heterocycles. The molecule has 3 N–H and O–H groups in total. The van der Waals surface area contributed by atoms with Crippen LogP contribution in [0.15, 0.2) is 52.5 Å². The number of rotatable bonds is 5. The van der Waals surface area contributed by atoms with Crippen LogP contribution in [0, 0.1) is 0 Å². The Labute approximate surface area is 189 Å². The highest BCUT2D eigenvalue weighted by atomic mass is 32.2. The first-order chi connectivity index (χ1) is 15.8. The third kappa shape index (κ3) is 4.76. The Balaban J connectivity index is 1.74. The maximum atomic E-state index is 13.2. The van der Waals surface area contributed by atoms with Crippen molar-refractivity contribution in [3.8, 4) is 17.1 Å². The third-order valence-electron chi connectivity index (χ3n) is 5.37. The zero-order chi connectivity index (χ0) is 23.6. The summed E-state index contributed by atoms with van der Waals surface area (Å²) in [6.45, 7) is 0.474. The Morgan fingerprint density at radius 2 is 2.03 bits per heavy atom. The summed E-state index contributed by atoms with van der Waals surface area (Å²) in [6.07, 6.45) is 4.97. The van der Waals surface area contributed by atoms with Crippen molar-refractivity contribution in [2.45, 2.75) is 36.7 Å². The van der Waals surface area contributed by atoms with E-state index < -0.39 is 22.0 Å². The van der Waals surface area contributed by atoms with Crippen molar-refractivity contribution in [2.75, 3.05) is 7.11 Å². The summed E-state index contributed by atoms with van der Waals surface area (Å²) in [7, 11) is -2.64. The number of amides is 1. The molecule has 1 unspecified atom stereocenters. The van der Waals surface area contributed by atoms with Crippen LogP contribution in [0.1, 0.15) is 41.5 Å². The number of benzene rings is 1. The first kappa shape index (κ1) is 22.6. The van der Waals surface area contributed by atoms with E-state index in [1.54, 1.807) is 16.8 Å². The molecule has 172 valence electrons. The average molecular weight is 471 g/mol. The van der Waals surface area contributed by atoms with Crippen molar-refractivity contribution < 1.29 is 17.9 Å². The van der Waals surface area contributed by atoms with Crippen molar-refractivity contribution in [1.82, 2.24) is 24.8 Å². The van der Waals surface area contributed by atoms with Crippen LogP contribution in [-0.4, -0.2) is 41.0 Å². The summed E-state index contributed by atoms with van der Waals surface area (Å²) < 4.78 is 30.3. The van der Waals surface area contributed by atoms with E-state index in [1.807, 2.05) is 0 Å². The molecule has 3 aromatic rings. The average Bonchev–Trinajstić information content (AvgIpc) is 3.01. The number of nitrogens with two attached hydrogens (primary N) is 1. The number of methoxy groups -OCH3 is 1. The predicted octanol–water partition coefficient (Wildman–Crippen LogP) is 1.01. The molecular weight excluding hydrogens is 448 g/mol. The molecule has 3 heterocycles. The predicted molar refractivity (Wildman–Crippen MR) is 118 cm³/mol. The van der Waals surface area contributed by atoms with Crippen molar-refractivity contribution in [1.29, 1.82) is 0 Å². The van der Waals surface area contributed by atoms with Crippen LogP contribution in [0.5, 0.6) is 5.75 Å². The molecule has 1 aliphatic rings. The number of nitrogens with one attached hydrogen (secondary N) is 1. The fourth-order valence-corrected chi connectivity index (χ4v) is 4.29. The third-order valence-corrected chi connectivity index (χ3v) is 6.28. The maximum absolute atomic E-state index is 13.2. The van der Waals surface area contributed by atoms with Crippen LogP contribution in [-0.2, 0) is 16.6 Å². The first-order valence-corrected chi connectivity index (χ1v) is 11.7. The van der Waals surface area contributed by atoms with Crippen LogP contribution in [0.3, 0.4) is 0 Å². The number of carbonyl (C=O) groups excluding carboxylic acids is 1. The Hall–Kier alpha value is -3.64. The van der Waals surface area contributed by atoms with Gasteiger partial charge in [0.2, 0.25) is 10.0 Å². The van der Waals surface area contributed by atoms with Crippen LogP contribution in [0.4, 0.5) is 0 Å². The van der Waals surface area contributed by atoms with Gasteiger partial charge in [0.1, 0.15) is 17.9 Å². The molecule has 0 bridgehead atoms. The molecule has 0 fully saturated rings. The first-order valence-electron chi connectivity index (χ1n) is 10.2. The molecule has 2 aromatic heterocycles. The molecule has 11 nitrogen and oxygen atoms in total. The summed E-state index contributed by atoms with van der Waals surface area (Å²) in [5, 5.41) is 8.10. The van der Waals surface area contributed by atoms with Crippen molar-refractivity contribution in [3.05, 3.63) is 64.6 Å². The fourth-order valence-electron chi connectivity index (χ4n) is 3.75. The Morgan fingerprint density at radius 3 is 2.73 bits per heavy atom. The monoisotopic (exact) mass is 470 g/mol. The number of nitrogens with zero attached hydrogens (tertiary/aromatic N) is 4. The lowest BCUT2D eigenvalue weighted by Crippen LogP contribution is -2.34. The van der Waals surface area contributed by atoms with Gasteiger partial charge in [-0.2, -0.15) is 0 Å². The lowest BCUT2D eigenvalue weighted by Gasteiger charge is -2.20. The molecule has 33 heavy (non-hydrogen) atoms. The van der Waals surface area contributed by atoms with Crippen molar-refractivity contribution in [2.24, 2.45) is 5.14 Å². The van der Waals surface area contributed by atoms with E-state index in [0.717, 1.165) is 18.9 Å². The van der Waals surface area contributed by atoms with E-state index in [1.165, 1.54) is 31.6 Å². The standard InChI is InChI=1S/C21H22N6O5S/c1-32-18-6-5-13(33(22,30)31)10-14(18)21(29)26-16-4-2-3-9-27-19(28)11-17(25-20(16)27)15-7-8-23-12-24-15/h5-8,10-12,16H,2-4,9H2,1H3,(H,26,29)(H2,22,30,31). The van der Waals surface area contributed by atoms with E-state index in [-0.39, 0.29) is 21.8 Å². The van der Waals surface area contributed by atoms with Gasteiger partial charge in [0.05, 0.1) is 35.0 Å². The number of primary sulfonamides is 1. The topological polar surface area (TPSA) is 159 Å². The van der Waals surface area contributed by atoms with Gasteiger partial charge in [-0.1, -0.05) is 0 Å². The smallest absolute Gasteiger partial charge is 0.255 e. The number of ether oxygens (including phenoxy) is 1. The minimum Gasteiger partial charge on any atom is -0.496 e. The molecule has 0 aliphatic carbocycles. The summed E-state index contributed by atoms with van der Waals surface area (Å²) in [5.41, 5.74) is 0.628. The maximum Gasteiger partial charge on any atom is 0.255 e. The SMILES string of the molecule is COc1ccc(S(N)(=O)=O)cc1C(=O)NC1CCCCn2c1nc(-c1ccncn1)cc2=O. The minimum absolute atomic E-state index is 0.00845. The van der Waals surface area contributed by atoms with E-state index in [2.05, 4.69) is 20.3 Å². The normalized spacial score (nSPS) is 15.9. The van der Waals surface area contributed by atoms with E-state index >= 15 is 0 Å². The zero-order valence-corrected chi connectivity index (χ0v) is 18.6.